The van der Waals surface area contributed by atoms with Crippen molar-refractivity contribution in [2.45, 2.75) is 27.2 Å². The average molecular weight is 4850 g/mol. The van der Waals surface area contributed by atoms with Crippen molar-refractivity contribution in [2.24, 2.45) is 11.8 Å². The molecule has 0 amide bonds. The molecule has 3 rings (SSSR count). The molecule has 2 bridgehead atoms. The summed E-state index contributed by atoms with van der Waals surface area (Å²) < 4.78 is 0. The molecule has 0 aromatic rings. The smallest absolute Gasteiger partial charge is 0.0203 e. The standard InChI is InChI=1S/C8H13N.C2H6.CH3.25W.Y/c1-7-6-9-4-2-8(7)3-5-9;1-2;;;;;;;;;;;;;;;;;;;;;;;;;;;/h2,4,7-8H,3,5-6H2,1H3;1-2H3;1H3;;;;;;;;;;;;;;;;;;;;;;;;;;/q;;-1;;;;;;;;;;;;;;;;;;;;;;;;;;. The quantitative estimate of drug-likeness (QED) is 0.338. The summed E-state index contributed by atoms with van der Waals surface area (Å²) in [6.45, 7) is 8.94. The van der Waals surface area contributed by atoms with E-state index in [0.717, 1.165) is 11.8 Å². The van der Waals surface area contributed by atoms with Gasteiger partial charge in [-0.15, -0.1) is 0 Å². The van der Waals surface area contributed by atoms with E-state index in [2.05, 4.69) is 24.1 Å². The first-order chi connectivity index (χ1) is 5.36. The molecule has 0 spiro atoms. The molecular weight excluding hydrogens is 4830 g/mol. The number of fused-ring (bicyclic) bond motifs is 2. The van der Waals surface area contributed by atoms with Crippen LogP contribution in [0.4, 0.5) is 0 Å². The molecule has 0 saturated carbocycles. The van der Waals surface area contributed by atoms with E-state index in [-0.39, 0.29) is 567 Å². The molecule has 0 aliphatic carbocycles. The number of piperidine rings is 1. The van der Waals surface area contributed by atoms with Crippen molar-refractivity contribution in [3.63, 3.8) is 0 Å². The Morgan fingerprint density at radius 2 is 0.684 bits per heavy atom. The molecule has 1 fully saturated rings. The van der Waals surface area contributed by atoms with Crippen molar-refractivity contribution < 1.29 is 559 Å². The van der Waals surface area contributed by atoms with Crippen LogP contribution in [0.25, 0.3) is 0 Å². The van der Waals surface area contributed by atoms with Gasteiger partial charge in [-0.25, -0.2) is 0 Å². The van der Waals surface area contributed by atoms with Crippen LogP contribution in [0, 0.1) is 19.3 Å². The molecule has 27 heteroatoms. The molecule has 38 heavy (non-hydrogen) atoms. The van der Waals surface area contributed by atoms with Crippen LogP contribution in [-0.4, -0.2) is 18.0 Å². The first-order valence-corrected chi connectivity index (χ1v) is 4.78. The van der Waals surface area contributed by atoms with E-state index in [1.54, 1.807) is 0 Å². The normalized spacial score (nSPS) is 9.61. The zero-order valence-corrected chi connectivity index (χ0v) is 95.8. The molecule has 1 radical (unpaired) electrons. The van der Waals surface area contributed by atoms with Gasteiger partial charge in [0.25, 0.3) is 0 Å². The van der Waals surface area contributed by atoms with Gasteiger partial charge in [0.1, 0.15) is 0 Å². The third kappa shape index (κ3) is 117. The summed E-state index contributed by atoms with van der Waals surface area (Å²) in [6, 6.07) is 0. The summed E-state index contributed by atoms with van der Waals surface area (Å²) in [5.41, 5.74) is 0. The molecule has 2 atom stereocenters. The first-order valence-electron chi connectivity index (χ1n) is 4.78. The van der Waals surface area contributed by atoms with Gasteiger partial charge in [0.15, 0.2) is 0 Å². The van der Waals surface area contributed by atoms with Crippen LogP contribution >= 0.6 is 0 Å². The van der Waals surface area contributed by atoms with Gasteiger partial charge in [0.05, 0.1) is 0 Å². The van der Waals surface area contributed by atoms with Gasteiger partial charge < -0.3 is 12.3 Å². The fourth-order valence-corrected chi connectivity index (χ4v) is 1.85. The van der Waals surface area contributed by atoms with Gasteiger partial charge in [-0.2, -0.15) is 0 Å². The second-order valence-electron chi connectivity index (χ2n) is 3.27. The Labute approximate surface area is 619 Å². The van der Waals surface area contributed by atoms with Crippen molar-refractivity contribution in [3.8, 4) is 0 Å². The average Bonchev–Trinajstić information content (AvgIpc) is 2.10. The maximum atomic E-state index is 2.42. The summed E-state index contributed by atoms with van der Waals surface area (Å²) in [5.74, 6) is 1.80. The van der Waals surface area contributed by atoms with E-state index >= 15 is 0 Å². The van der Waals surface area contributed by atoms with E-state index in [0.29, 0.717) is 0 Å². The molecule has 0 N–H and O–H groups in total. The van der Waals surface area contributed by atoms with Crippen LogP contribution in [0.1, 0.15) is 27.2 Å². The molecule has 1 saturated heterocycles. The molecule has 225 valence electrons. The molecule has 2 unspecified atom stereocenters. The van der Waals surface area contributed by atoms with E-state index in [4.69, 9.17) is 0 Å². The minimum absolute atomic E-state index is 0. The summed E-state index contributed by atoms with van der Waals surface area (Å²) in [6.07, 6.45) is 6.00. The molecule has 0 aromatic carbocycles. The monoisotopic (exact) mass is 4860 g/mol. The molecular formula is C11H22NW25Y-. The summed E-state index contributed by atoms with van der Waals surface area (Å²) >= 11 is 0. The Morgan fingerprint density at radius 1 is 0.474 bits per heavy atom. The summed E-state index contributed by atoms with van der Waals surface area (Å²) in [7, 11) is 0. The van der Waals surface area contributed by atoms with Crippen molar-refractivity contribution in [1.82, 2.24) is 4.90 Å². The second kappa shape index (κ2) is 157. The first kappa shape index (κ1) is 202. The van der Waals surface area contributed by atoms with E-state index in [1.165, 1.54) is 19.5 Å². The SMILES string of the molecule is CC.CC1CN2C=CC1CC2.[CH3-].[W].[W].[W].[W].[W].[W].[W].[W].[W].[W].[W].[W].[W].[W].[W].[W].[W].[W].[W].[W].[W].[W].[W].[W].[W].[Y]. The van der Waals surface area contributed by atoms with Gasteiger partial charge in [-0.05, 0) is 24.5 Å². The van der Waals surface area contributed by atoms with Gasteiger partial charge in [0.2, 0.25) is 0 Å². The summed E-state index contributed by atoms with van der Waals surface area (Å²) in [5, 5.41) is 0. The van der Waals surface area contributed by atoms with Crippen LogP contribution in [0.2, 0.25) is 0 Å². The minimum Gasteiger partial charge on any atom is -0.377 e. The number of hydrogen-bond acceptors (Lipinski definition) is 1. The van der Waals surface area contributed by atoms with Crippen LogP contribution < -0.4 is 0 Å². The molecule has 3 aliphatic rings. The van der Waals surface area contributed by atoms with Crippen molar-refractivity contribution in [2.75, 3.05) is 13.1 Å². The second-order valence-corrected chi connectivity index (χ2v) is 3.27. The van der Waals surface area contributed by atoms with Crippen molar-refractivity contribution in [1.29, 1.82) is 0 Å². The Bertz CT molecular complexity index is 180. The minimum atomic E-state index is 0. The number of rotatable bonds is 0. The topological polar surface area (TPSA) is 3.24 Å². The maximum Gasteiger partial charge on any atom is 0.0203 e. The predicted octanol–water partition coefficient (Wildman–Crippen LogP) is 2.88. The Balaban J connectivity index is -0.00000000164. The van der Waals surface area contributed by atoms with Crippen LogP contribution in [-0.2, 0) is 559 Å². The molecule has 3 aliphatic heterocycles. The number of allylic oxidation sites excluding steroid dienone is 1. The van der Waals surface area contributed by atoms with E-state index < -0.39 is 0 Å². The largest absolute Gasteiger partial charge is 0.377 e. The molecule has 0 aromatic heterocycles. The van der Waals surface area contributed by atoms with Gasteiger partial charge in [0, 0.05) is 572 Å². The third-order valence-corrected chi connectivity index (χ3v) is 2.55. The van der Waals surface area contributed by atoms with E-state index in [1.807, 2.05) is 13.8 Å². The van der Waals surface area contributed by atoms with Gasteiger partial charge in [-0.1, -0.05) is 26.8 Å². The van der Waals surface area contributed by atoms with Crippen LogP contribution in [0.3, 0.4) is 0 Å². The Morgan fingerprint density at radius 3 is 0.737 bits per heavy atom. The molecule has 1 nitrogen and oxygen atoms in total. The van der Waals surface area contributed by atoms with Crippen LogP contribution in [0.5, 0.6) is 0 Å². The maximum absolute atomic E-state index is 2.42. The summed E-state index contributed by atoms with van der Waals surface area (Å²) in [4.78, 5) is 2.42. The zero-order valence-electron chi connectivity index (χ0n) is 19.7. The van der Waals surface area contributed by atoms with Gasteiger partial charge >= 0.3 is 0 Å². The number of nitrogens with zero attached hydrogens (tertiary/aromatic N) is 1. The van der Waals surface area contributed by atoms with E-state index in [9.17, 15) is 0 Å². The van der Waals surface area contributed by atoms with Crippen molar-refractivity contribution >= 4 is 0 Å². The fourth-order valence-electron chi connectivity index (χ4n) is 1.85. The zero-order chi connectivity index (χ0) is 8.27. The number of hydrogen-bond donors (Lipinski definition) is 0. The predicted molar refractivity (Wildman–Crippen MR) is 55.7 cm³/mol. The molecule has 3 heterocycles. The van der Waals surface area contributed by atoms with Gasteiger partial charge in [-0.3, -0.25) is 0 Å². The van der Waals surface area contributed by atoms with Crippen molar-refractivity contribution in [3.05, 3.63) is 19.7 Å². The Hall–Kier alpha value is 17.9. The third-order valence-electron chi connectivity index (χ3n) is 2.55. The van der Waals surface area contributed by atoms with Crippen LogP contribution in [0.15, 0.2) is 12.3 Å². The Kier molecular flexibility index (Phi) is 833. The fraction of sp³-hybridized carbons (Fsp3) is 0.727.